The fourth-order valence-electron chi connectivity index (χ4n) is 1.56. The molecular formula is C14H22N2O2. The number of nitrogens with one attached hydrogen (secondary N) is 1. The monoisotopic (exact) mass is 250 g/mol. The molecule has 1 atom stereocenters. The van der Waals surface area contributed by atoms with Gasteiger partial charge in [0.15, 0.2) is 0 Å². The van der Waals surface area contributed by atoms with E-state index in [-0.39, 0.29) is 11.9 Å². The van der Waals surface area contributed by atoms with Gasteiger partial charge in [0.1, 0.15) is 5.75 Å². The van der Waals surface area contributed by atoms with Crippen LogP contribution >= 0.6 is 0 Å². The number of ether oxygens (including phenoxy) is 1. The molecule has 1 amide bonds. The Hall–Kier alpha value is -1.55. The highest BCUT2D eigenvalue weighted by molar-refractivity contribution is 5.76. The quantitative estimate of drug-likeness (QED) is 0.807. The van der Waals surface area contributed by atoms with E-state index in [9.17, 15) is 4.79 Å². The molecule has 0 aromatic heterocycles. The maximum atomic E-state index is 11.7. The van der Waals surface area contributed by atoms with Crippen molar-refractivity contribution >= 4 is 5.91 Å². The Morgan fingerprint density at radius 2 is 2.06 bits per heavy atom. The summed E-state index contributed by atoms with van der Waals surface area (Å²) < 4.78 is 5.22. The first kappa shape index (κ1) is 14.5. The maximum absolute atomic E-state index is 11.7. The fourth-order valence-corrected chi connectivity index (χ4v) is 1.56. The van der Waals surface area contributed by atoms with Gasteiger partial charge in [0.25, 0.3) is 0 Å². The van der Waals surface area contributed by atoms with Crippen LogP contribution in [0, 0.1) is 5.92 Å². The molecule has 0 spiro atoms. The second-order valence-electron chi connectivity index (χ2n) is 4.70. The maximum Gasteiger partial charge on any atom is 0.221 e. The third-order valence-corrected chi connectivity index (χ3v) is 2.95. The largest absolute Gasteiger partial charge is 0.496 e. The molecule has 1 aromatic rings. The van der Waals surface area contributed by atoms with Crippen LogP contribution in [0.15, 0.2) is 24.3 Å². The molecule has 1 unspecified atom stereocenters. The summed E-state index contributed by atoms with van der Waals surface area (Å²) in [6.45, 7) is 4.49. The first-order valence-electron chi connectivity index (χ1n) is 6.18. The summed E-state index contributed by atoms with van der Waals surface area (Å²) in [4.78, 5) is 11.7. The van der Waals surface area contributed by atoms with Crippen molar-refractivity contribution in [2.75, 3.05) is 7.11 Å². The molecule has 1 aromatic carbocycles. The number of para-hydroxylation sites is 1. The average Bonchev–Trinajstić information content (AvgIpc) is 2.36. The van der Waals surface area contributed by atoms with Crippen LogP contribution in [0.1, 0.15) is 25.8 Å². The second kappa shape index (κ2) is 7.01. The molecule has 3 N–H and O–H groups in total. The lowest BCUT2D eigenvalue weighted by Crippen LogP contribution is -2.34. The van der Waals surface area contributed by atoms with Crippen LogP contribution in [-0.4, -0.2) is 19.1 Å². The summed E-state index contributed by atoms with van der Waals surface area (Å²) >= 11 is 0. The summed E-state index contributed by atoms with van der Waals surface area (Å²) in [5.74, 6) is 1.06. The molecule has 0 aliphatic rings. The van der Waals surface area contributed by atoms with E-state index in [1.807, 2.05) is 38.1 Å². The first-order valence-corrected chi connectivity index (χ1v) is 6.18. The van der Waals surface area contributed by atoms with Crippen LogP contribution in [-0.2, 0) is 11.3 Å². The van der Waals surface area contributed by atoms with Gasteiger partial charge < -0.3 is 15.8 Å². The number of methoxy groups -OCH3 is 1. The lowest BCUT2D eigenvalue weighted by molar-refractivity contribution is -0.121. The molecule has 4 nitrogen and oxygen atoms in total. The zero-order valence-electron chi connectivity index (χ0n) is 11.3. The molecule has 0 saturated carbocycles. The van der Waals surface area contributed by atoms with Gasteiger partial charge in [-0.3, -0.25) is 4.79 Å². The van der Waals surface area contributed by atoms with Gasteiger partial charge in [0, 0.05) is 24.6 Å². The molecule has 18 heavy (non-hydrogen) atoms. The van der Waals surface area contributed by atoms with Gasteiger partial charge in [-0.25, -0.2) is 0 Å². The number of rotatable bonds is 6. The van der Waals surface area contributed by atoms with Crippen LogP contribution in [0.2, 0.25) is 0 Å². The number of nitrogens with two attached hydrogens (primary N) is 1. The number of carbonyl (C=O) groups excluding carboxylic acids is 1. The van der Waals surface area contributed by atoms with Crippen LogP contribution in [0.25, 0.3) is 0 Å². The van der Waals surface area contributed by atoms with E-state index in [2.05, 4.69) is 5.32 Å². The molecule has 0 aliphatic carbocycles. The molecule has 100 valence electrons. The minimum absolute atomic E-state index is 0.0258. The topological polar surface area (TPSA) is 64.3 Å². The van der Waals surface area contributed by atoms with E-state index in [1.54, 1.807) is 7.11 Å². The molecule has 1 rings (SSSR count). The molecule has 0 radical (unpaired) electrons. The second-order valence-corrected chi connectivity index (χ2v) is 4.70. The Bertz CT molecular complexity index is 391. The summed E-state index contributed by atoms with van der Waals surface area (Å²) in [6.07, 6.45) is 0.354. The van der Waals surface area contributed by atoms with Gasteiger partial charge in [-0.2, -0.15) is 0 Å². The summed E-state index contributed by atoms with van der Waals surface area (Å²) in [6, 6.07) is 7.54. The molecule has 0 aliphatic heterocycles. The van der Waals surface area contributed by atoms with Gasteiger partial charge in [-0.1, -0.05) is 32.0 Å². The normalized spacial score (nSPS) is 12.3. The molecule has 0 bridgehead atoms. The number of carbonyl (C=O) groups is 1. The van der Waals surface area contributed by atoms with E-state index in [1.165, 1.54) is 0 Å². The molecular weight excluding hydrogens is 228 g/mol. The fraction of sp³-hybridized carbons (Fsp3) is 0.500. The number of hydrogen-bond acceptors (Lipinski definition) is 3. The van der Waals surface area contributed by atoms with Crippen LogP contribution < -0.4 is 15.8 Å². The Morgan fingerprint density at radius 3 is 2.67 bits per heavy atom. The Kier molecular flexibility index (Phi) is 5.65. The van der Waals surface area contributed by atoms with Crippen molar-refractivity contribution in [3.63, 3.8) is 0 Å². The van der Waals surface area contributed by atoms with Crippen LogP contribution in [0.5, 0.6) is 5.75 Å². The van der Waals surface area contributed by atoms with E-state index in [4.69, 9.17) is 10.5 Å². The predicted octanol–water partition coefficient (Wildman–Crippen LogP) is 1.68. The van der Waals surface area contributed by atoms with Crippen molar-refractivity contribution in [2.24, 2.45) is 11.7 Å². The van der Waals surface area contributed by atoms with Gasteiger partial charge >= 0.3 is 0 Å². The SMILES string of the molecule is COc1ccccc1CNC(=O)CC(N)C(C)C. The van der Waals surface area contributed by atoms with Crippen molar-refractivity contribution < 1.29 is 9.53 Å². The average molecular weight is 250 g/mol. The van der Waals surface area contributed by atoms with Gasteiger partial charge in [0.05, 0.1) is 7.11 Å². The van der Waals surface area contributed by atoms with Gasteiger partial charge in [0.2, 0.25) is 5.91 Å². The van der Waals surface area contributed by atoms with Crippen LogP contribution in [0.3, 0.4) is 0 Å². The highest BCUT2D eigenvalue weighted by Crippen LogP contribution is 2.16. The number of hydrogen-bond donors (Lipinski definition) is 2. The van der Waals surface area contributed by atoms with Crippen LogP contribution in [0.4, 0.5) is 0 Å². The summed E-state index contributed by atoms with van der Waals surface area (Å²) in [5.41, 5.74) is 6.82. The standard InChI is InChI=1S/C14H22N2O2/c1-10(2)12(15)8-14(17)16-9-11-6-4-5-7-13(11)18-3/h4-7,10,12H,8-9,15H2,1-3H3,(H,16,17). The smallest absolute Gasteiger partial charge is 0.221 e. The minimum Gasteiger partial charge on any atom is -0.496 e. The van der Waals surface area contributed by atoms with E-state index in [0.29, 0.717) is 18.9 Å². The van der Waals surface area contributed by atoms with E-state index in [0.717, 1.165) is 11.3 Å². The highest BCUT2D eigenvalue weighted by Gasteiger charge is 2.13. The van der Waals surface area contributed by atoms with Crippen molar-refractivity contribution in [3.05, 3.63) is 29.8 Å². The third kappa shape index (κ3) is 4.37. The number of benzene rings is 1. The molecule has 0 saturated heterocycles. The van der Waals surface area contributed by atoms with Crippen molar-refractivity contribution in [1.29, 1.82) is 0 Å². The predicted molar refractivity (Wildman–Crippen MR) is 72.3 cm³/mol. The van der Waals surface area contributed by atoms with Crippen molar-refractivity contribution in [3.8, 4) is 5.75 Å². The van der Waals surface area contributed by atoms with Crippen molar-refractivity contribution in [2.45, 2.75) is 32.9 Å². The third-order valence-electron chi connectivity index (χ3n) is 2.95. The summed E-state index contributed by atoms with van der Waals surface area (Å²) in [7, 11) is 1.62. The zero-order valence-corrected chi connectivity index (χ0v) is 11.3. The first-order chi connectivity index (χ1) is 8.54. The highest BCUT2D eigenvalue weighted by atomic mass is 16.5. The lowest BCUT2D eigenvalue weighted by Gasteiger charge is -2.15. The minimum atomic E-state index is -0.0948. The molecule has 0 heterocycles. The zero-order chi connectivity index (χ0) is 13.5. The summed E-state index contributed by atoms with van der Waals surface area (Å²) in [5, 5.41) is 2.86. The van der Waals surface area contributed by atoms with Gasteiger partial charge in [-0.05, 0) is 12.0 Å². The van der Waals surface area contributed by atoms with Crippen molar-refractivity contribution in [1.82, 2.24) is 5.32 Å². The van der Waals surface area contributed by atoms with E-state index >= 15 is 0 Å². The Labute approximate surface area is 109 Å². The Balaban J connectivity index is 2.47. The van der Waals surface area contributed by atoms with Gasteiger partial charge in [-0.15, -0.1) is 0 Å². The lowest BCUT2D eigenvalue weighted by atomic mass is 10.0. The number of amides is 1. The molecule has 0 fully saturated rings. The van der Waals surface area contributed by atoms with E-state index < -0.39 is 0 Å². The molecule has 4 heteroatoms. The Morgan fingerprint density at radius 1 is 1.39 bits per heavy atom.